The van der Waals surface area contributed by atoms with Crippen molar-refractivity contribution in [2.75, 3.05) is 7.11 Å². The van der Waals surface area contributed by atoms with E-state index in [1.165, 1.54) is 28.9 Å². The van der Waals surface area contributed by atoms with E-state index in [9.17, 15) is 4.79 Å². The molecule has 114 valence electrons. The molecule has 0 atom stereocenters. The minimum absolute atomic E-state index is 0.348. The zero-order valence-corrected chi connectivity index (χ0v) is 13.5. The van der Waals surface area contributed by atoms with E-state index in [2.05, 4.69) is 59.3 Å². The predicted molar refractivity (Wildman–Crippen MR) is 95.6 cm³/mol. The molecule has 0 fully saturated rings. The summed E-state index contributed by atoms with van der Waals surface area (Å²) in [7, 11) is 1.37. The number of carbonyl (C=O) groups is 1. The summed E-state index contributed by atoms with van der Waals surface area (Å²) in [4.78, 5) is 13.5. The number of esters is 1. The highest BCUT2D eigenvalue weighted by Gasteiger charge is 2.00. The Balaban J connectivity index is 1.74. The van der Waals surface area contributed by atoms with Crippen LogP contribution in [0, 0.1) is 0 Å². The van der Waals surface area contributed by atoms with Crippen LogP contribution in [0.2, 0.25) is 0 Å². The van der Waals surface area contributed by atoms with Crippen molar-refractivity contribution in [3.05, 3.63) is 78.4 Å². The van der Waals surface area contributed by atoms with Crippen molar-refractivity contribution >= 4 is 34.6 Å². The summed E-state index contributed by atoms with van der Waals surface area (Å²) in [5, 5.41) is 2.50. The van der Waals surface area contributed by atoms with Crippen molar-refractivity contribution in [2.24, 2.45) is 0 Å². The van der Waals surface area contributed by atoms with E-state index in [1.54, 1.807) is 17.8 Å². The third-order valence-corrected chi connectivity index (χ3v) is 4.45. The van der Waals surface area contributed by atoms with Gasteiger partial charge in [-0.1, -0.05) is 54.2 Å². The van der Waals surface area contributed by atoms with Crippen LogP contribution in [-0.4, -0.2) is 13.1 Å². The van der Waals surface area contributed by atoms with Crippen LogP contribution in [0.4, 0.5) is 0 Å². The van der Waals surface area contributed by atoms with E-state index in [0.29, 0.717) is 0 Å². The number of methoxy groups -OCH3 is 1. The number of ether oxygens (including phenoxy) is 1. The zero-order chi connectivity index (χ0) is 16.1. The summed E-state index contributed by atoms with van der Waals surface area (Å²) < 4.78 is 4.58. The van der Waals surface area contributed by atoms with E-state index in [0.717, 1.165) is 10.5 Å². The first-order chi connectivity index (χ1) is 11.2. The van der Waals surface area contributed by atoms with Crippen LogP contribution >= 0.6 is 11.8 Å². The molecule has 23 heavy (non-hydrogen) atoms. The molecule has 3 aromatic carbocycles. The Morgan fingerprint density at radius 3 is 2.35 bits per heavy atom. The quantitative estimate of drug-likeness (QED) is 0.489. The zero-order valence-electron chi connectivity index (χ0n) is 12.7. The monoisotopic (exact) mass is 320 g/mol. The number of hydrogen-bond donors (Lipinski definition) is 0. The summed E-state index contributed by atoms with van der Waals surface area (Å²) in [5.74, 6) is -0.348. The average Bonchev–Trinajstić information content (AvgIpc) is 2.60. The second kappa shape index (κ2) is 7.16. The third kappa shape index (κ3) is 4.02. The molecule has 0 aromatic heterocycles. The van der Waals surface area contributed by atoms with Crippen LogP contribution in [0.15, 0.2) is 82.6 Å². The first-order valence-electron chi connectivity index (χ1n) is 7.27. The van der Waals surface area contributed by atoms with E-state index in [-0.39, 0.29) is 5.97 Å². The van der Waals surface area contributed by atoms with Crippen molar-refractivity contribution in [2.45, 2.75) is 9.79 Å². The second-order valence-corrected chi connectivity index (χ2v) is 6.18. The fraction of sp³-hybridized carbons (Fsp3) is 0.0500. The van der Waals surface area contributed by atoms with Gasteiger partial charge >= 0.3 is 5.97 Å². The fourth-order valence-corrected chi connectivity index (χ4v) is 3.11. The van der Waals surface area contributed by atoms with Crippen molar-refractivity contribution < 1.29 is 9.53 Å². The van der Waals surface area contributed by atoms with Crippen LogP contribution in [0.1, 0.15) is 5.56 Å². The summed E-state index contributed by atoms with van der Waals surface area (Å²) in [5.41, 5.74) is 0.971. The summed E-state index contributed by atoms with van der Waals surface area (Å²) in [6.07, 6.45) is 3.17. The summed E-state index contributed by atoms with van der Waals surface area (Å²) in [6, 6.07) is 22.9. The average molecular weight is 320 g/mol. The molecule has 3 aromatic rings. The van der Waals surface area contributed by atoms with Gasteiger partial charge in [0, 0.05) is 15.9 Å². The Kier molecular flexibility index (Phi) is 4.79. The van der Waals surface area contributed by atoms with Gasteiger partial charge in [0.25, 0.3) is 0 Å². The number of rotatable bonds is 4. The van der Waals surface area contributed by atoms with Gasteiger partial charge in [-0.15, -0.1) is 0 Å². The number of benzene rings is 3. The Bertz CT molecular complexity index is 851. The minimum Gasteiger partial charge on any atom is -0.466 e. The van der Waals surface area contributed by atoms with Crippen molar-refractivity contribution in [1.82, 2.24) is 0 Å². The molecule has 3 heteroatoms. The Hall–Kier alpha value is -2.52. The first-order valence-corrected chi connectivity index (χ1v) is 8.09. The van der Waals surface area contributed by atoms with Crippen molar-refractivity contribution in [1.29, 1.82) is 0 Å². The lowest BCUT2D eigenvalue weighted by molar-refractivity contribution is -0.134. The Morgan fingerprint density at radius 2 is 1.61 bits per heavy atom. The number of carbonyl (C=O) groups excluding carboxylic acids is 1. The molecule has 0 N–H and O–H groups in total. The van der Waals surface area contributed by atoms with Gasteiger partial charge in [-0.05, 0) is 46.7 Å². The lowest BCUT2D eigenvalue weighted by Crippen LogP contribution is -1.93. The van der Waals surface area contributed by atoms with Crippen LogP contribution in [0.5, 0.6) is 0 Å². The Labute approximate surface area is 139 Å². The van der Waals surface area contributed by atoms with Gasteiger partial charge in [0.05, 0.1) is 7.11 Å². The molecule has 0 aliphatic carbocycles. The molecular weight excluding hydrogens is 304 g/mol. The SMILES string of the molecule is COC(=O)/C=C/c1ccc(Sc2ccc3ccccc3c2)cc1. The highest BCUT2D eigenvalue weighted by atomic mass is 32.2. The molecular formula is C20H16O2S. The second-order valence-electron chi connectivity index (χ2n) is 5.04. The maximum Gasteiger partial charge on any atom is 0.330 e. The van der Waals surface area contributed by atoms with Gasteiger partial charge in [-0.3, -0.25) is 0 Å². The highest BCUT2D eigenvalue weighted by molar-refractivity contribution is 7.99. The van der Waals surface area contributed by atoms with Crippen LogP contribution in [0.3, 0.4) is 0 Å². The van der Waals surface area contributed by atoms with Crippen LogP contribution < -0.4 is 0 Å². The maximum absolute atomic E-state index is 11.1. The third-order valence-electron chi connectivity index (χ3n) is 3.45. The van der Waals surface area contributed by atoms with E-state index < -0.39 is 0 Å². The number of hydrogen-bond acceptors (Lipinski definition) is 3. The molecule has 3 rings (SSSR count). The molecule has 0 saturated heterocycles. The topological polar surface area (TPSA) is 26.3 Å². The molecule has 0 heterocycles. The minimum atomic E-state index is -0.348. The maximum atomic E-state index is 11.1. The van der Waals surface area contributed by atoms with Crippen molar-refractivity contribution in [3.63, 3.8) is 0 Å². The summed E-state index contributed by atoms with van der Waals surface area (Å²) in [6.45, 7) is 0. The molecule has 0 spiro atoms. The molecule has 0 saturated carbocycles. The summed E-state index contributed by atoms with van der Waals surface area (Å²) >= 11 is 1.72. The molecule has 0 radical (unpaired) electrons. The van der Waals surface area contributed by atoms with Gasteiger partial charge in [-0.25, -0.2) is 4.79 Å². The van der Waals surface area contributed by atoms with Gasteiger partial charge < -0.3 is 4.74 Å². The fourth-order valence-electron chi connectivity index (χ4n) is 2.25. The predicted octanol–water partition coefficient (Wildman–Crippen LogP) is 5.18. The standard InChI is InChI=1S/C20H16O2S/c1-22-20(21)13-8-15-6-10-18(11-7-15)23-19-12-9-16-4-2-3-5-17(16)14-19/h2-14H,1H3/b13-8+. The van der Waals surface area contributed by atoms with E-state index >= 15 is 0 Å². The normalized spacial score (nSPS) is 11.0. The molecule has 2 nitrogen and oxygen atoms in total. The molecule has 0 bridgehead atoms. The Morgan fingerprint density at radius 1 is 0.913 bits per heavy atom. The van der Waals surface area contributed by atoms with Gasteiger partial charge in [-0.2, -0.15) is 0 Å². The molecule has 0 aliphatic heterocycles. The number of fused-ring (bicyclic) bond motifs is 1. The van der Waals surface area contributed by atoms with Crippen LogP contribution in [0.25, 0.3) is 16.8 Å². The smallest absolute Gasteiger partial charge is 0.330 e. The van der Waals surface area contributed by atoms with E-state index in [1.807, 2.05) is 12.1 Å². The molecule has 0 amide bonds. The van der Waals surface area contributed by atoms with Crippen molar-refractivity contribution in [3.8, 4) is 0 Å². The lowest BCUT2D eigenvalue weighted by atomic mass is 10.1. The lowest BCUT2D eigenvalue weighted by Gasteiger charge is -2.04. The van der Waals surface area contributed by atoms with Crippen LogP contribution in [-0.2, 0) is 9.53 Å². The van der Waals surface area contributed by atoms with Gasteiger partial charge in [0.1, 0.15) is 0 Å². The van der Waals surface area contributed by atoms with Gasteiger partial charge in [0.2, 0.25) is 0 Å². The first kappa shape index (κ1) is 15.4. The molecule has 0 unspecified atom stereocenters. The molecule has 0 aliphatic rings. The van der Waals surface area contributed by atoms with E-state index in [4.69, 9.17) is 0 Å². The largest absolute Gasteiger partial charge is 0.466 e. The van der Waals surface area contributed by atoms with Gasteiger partial charge in [0.15, 0.2) is 0 Å². The highest BCUT2D eigenvalue weighted by Crippen LogP contribution is 2.30.